The number of ether oxygens (including phenoxy) is 3. The second kappa shape index (κ2) is 7.67. The van der Waals surface area contributed by atoms with Crippen molar-refractivity contribution in [1.82, 2.24) is 4.57 Å². The van der Waals surface area contributed by atoms with Crippen molar-refractivity contribution in [3.63, 3.8) is 0 Å². The smallest absolute Gasteiger partial charge is 0.252 e. The van der Waals surface area contributed by atoms with Crippen LogP contribution in [0.4, 0.5) is 0 Å². The topological polar surface area (TPSA) is 62.1 Å². The molecule has 7 heteroatoms. The summed E-state index contributed by atoms with van der Waals surface area (Å²) in [5, 5.41) is 0. The molecule has 0 aliphatic carbocycles. The Hall–Kier alpha value is -2.80. The summed E-state index contributed by atoms with van der Waals surface area (Å²) in [4.78, 5) is 17.8. The van der Waals surface area contributed by atoms with Crippen molar-refractivity contribution in [3.8, 4) is 17.2 Å². The van der Waals surface area contributed by atoms with Crippen LogP contribution in [0, 0.1) is 6.92 Å². The first-order chi connectivity index (χ1) is 13.6. The minimum atomic E-state index is -0.199. The third-order valence-electron chi connectivity index (χ3n) is 4.66. The molecule has 0 N–H and O–H groups in total. The van der Waals surface area contributed by atoms with E-state index in [1.807, 2.05) is 48.7 Å². The van der Waals surface area contributed by atoms with E-state index in [1.54, 1.807) is 7.11 Å². The molecule has 0 radical (unpaired) electrons. The van der Waals surface area contributed by atoms with E-state index in [9.17, 15) is 4.79 Å². The predicted octanol–water partition coefficient (Wildman–Crippen LogP) is 3.48. The largest absolute Gasteiger partial charge is 0.496 e. The number of aryl methyl sites for hydroxylation is 2. The van der Waals surface area contributed by atoms with Crippen LogP contribution < -0.4 is 19.0 Å². The third-order valence-corrected chi connectivity index (χ3v) is 5.70. The first kappa shape index (κ1) is 18.6. The van der Waals surface area contributed by atoms with Gasteiger partial charge in [0.15, 0.2) is 16.3 Å². The monoisotopic (exact) mass is 398 g/mol. The summed E-state index contributed by atoms with van der Waals surface area (Å²) < 4.78 is 19.8. The first-order valence-electron chi connectivity index (χ1n) is 9.23. The van der Waals surface area contributed by atoms with Crippen LogP contribution in [0.1, 0.15) is 18.1 Å². The summed E-state index contributed by atoms with van der Waals surface area (Å²) in [7, 11) is 1.61. The average molecular weight is 398 g/mol. The molecule has 146 valence electrons. The summed E-state index contributed by atoms with van der Waals surface area (Å²) in [5.74, 6) is 1.98. The number of hydrogen-bond acceptors (Lipinski definition) is 5. The Morgan fingerprint density at radius 2 is 1.96 bits per heavy atom. The van der Waals surface area contributed by atoms with Crippen LogP contribution in [0.3, 0.4) is 0 Å². The lowest BCUT2D eigenvalue weighted by molar-refractivity contribution is -0.117. The quantitative estimate of drug-likeness (QED) is 0.675. The van der Waals surface area contributed by atoms with Crippen molar-refractivity contribution in [1.29, 1.82) is 0 Å². The molecule has 1 aromatic heterocycles. The molecule has 0 saturated heterocycles. The molecule has 2 heterocycles. The van der Waals surface area contributed by atoms with E-state index >= 15 is 0 Å². The van der Waals surface area contributed by atoms with E-state index < -0.39 is 0 Å². The molecule has 1 aliphatic rings. The van der Waals surface area contributed by atoms with Gasteiger partial charge in [-0.25, -0.2) is 0 Å². The molecule has 0 fully saturated rings. The van der Waals surface area contributed by atoms with Gasteiger partial charge in [-0.05, 0) is 19.9 Å². The Kier molecular flexibility index (Phi) is 5.09. The zero-order valence-corrected chi connectivity index (χ0v) is 17.0. The molecule has 6 nitrogen and oxygen atoms in total. The summed E-state index contributed by atoms with van der Waals surface area (Å²) in [6.45, 7) is 5.83. The van der Waals surface area contributed by atoms with Gasteiger partial charge in [0.2, 0.25) is 0 Å². The maximum atomic E-state index is 12.7. The van der Waals surface area contributed by atoms with Gasteiger partial charge in [0.05, 0.1) is 23.7 Å². The molecule has 4 rings (SSSR count). The maximum absolute atomic E-state index is 12.7. The summed E-state index contributed by atoms with van der Waals surface area (Å²) in [6.07, 6.45) is 0.200. The van der Waals surface area contributed by atoms with Crippen LogP contribution in [0.15, 0.2) is 35.3 Å². The number of fused-ring (bicyclic) bond motifs is 2. The van der Waals surface area contributed by atoms with Crippen molar-refractivity contribution in [3.05, 3.63) is 46.3 Å². The number of carbonyl (C=O) groups is 1. The molecule has 0 bridgehead atoms. The average Bonchev–Trinajstić information content (AvgIpc) is 3.01. The van der Waals surface area contributed by atoms with E-state index in [2.05, 4.69) is 4.99 Å². The standard InChI is InChI=1S/C21H22N2O4S/c1-4-23-15-11-17-18(27-8-7-26-17)12-19(15)28-21(23)22-20(24)10-14-9-13(2)5-6-16(14)25-3/h5-6,9,11-12H,4,7-8,10H2,1-3H3. The highest BCUT2D eigenvalue weighted by Crippen LogP contribution is 2.35. The fourth-order valence-electron chi connectivity index (χ4n) is 3.35. The predicted molar refractivity (Wildman–Crippen MR) is 108 cm³/mol. The number of hydrogen-bond donors (Lipinski definition) is 0. The summed E-state index contributed by atoms with van der Waals surface area (Å²) in [6, 6.07) is 9.75. The second-order valence-corrected chi connectivity index (χ2v) is 7.60. The molecule has 3 aromatic rings. The fourth-order valence-corrected chi connectivity index (χ4v) is 4.47. The lowest BCUT2D eigenvalue weighted by Crippen LogP contribution is -2.17. The van der Waals surface area contributed by atoms with E-state index in [0.29, 0.717) is 30.3 Å². The van der Waals surface area contributed by atoms with Crippen molar-refractivity contribution in [2.24, 2.45) is 4.99 Å². The highest BCUT2D eigenvalue weighted by molar-refractivity contribution is 7.16. The Bertz CT molecular complexity index is 1110. The Morgan fingerprint density at radius 3 is 2.68 bits per heavy atom. The van der Waals surface area contributed by atoms with Gasteiger partial charge in [-0.1, -0.05) is 29.0 Å². The fraction of sp³-hybridized carbons (Fsp3) is 0.333. The van der Waals surface area contributed by atoms with Gasteiger partial charge in [-0.2, -0.15) is 4.99 Å². The van der Waals surface area contributed by atoms with Gasteiger partial charge in [0.25, 0.3) is 5.91 Å². The Labute approximate surface area is 167 Å². The zero-order valence-electron chi connectivity index (χ0n) is 16.2. The lowest BCUT2D eigenvalue weighted by Gasteiger charge is -2.18. The molecule has 0 atom stereocenters. The second-order valence-electron chi connectivity index (χ2n) is 6.59. The molecule has 0 saturated carbocycles. The van der Waals surface area contributed by atoms with Gasteiger partial charge in [-0.3, -0.25) is 4.79 Å². The molecule has 1 aliphatic heterocycles. The Morgan fingerprint density at radius 1 is 1.21 bits per heavy atom. The zero-order chi connectivity index (χ0) is 19.7. The number of thiazole rings is 1. The van der Waals surface area contributed by atoms with E-state index in [4.69, 9.17) is 14.2 Å². The summed E-state index contributed by atoms with van der Waals surface area (Å²) >= 11 is 1.48. The minimum absolute atomic E-state index is 0.199. The number of methoxy groups -OCH3 is 1. The molecular weight excluding hydrogens is 376 g/mol. The first-order valence-corrected chi connectivity index (χ1v) is 10.0. The maximum Gasteiger partial charge on any atom is 0.252 e. The van der Waals surface area contributed by atoms with Gasteiger partial charge in [-0.15, -0.1) is 0 Å². The SMILES string of the molecule is CCn1c(=NC(=O)Cc2cc(C)ccc2OC)sc2cc3c(cc21)OCCO3. The molecule has 1 amide bonds. The van der Waals surface area contributed by atoms with Crippen molar-refractivity contribution < 1.29 is 19.0 Å². The number of aromatic nitrogens is 1. The minimum Gasteiger partial charge on any atom is -0.496 e. The Balaban J connectivity index is 1.72. The molecular formula is C21H22N2O4S. The number of benzene rings is 2. The number of nitrogens with zero attached hydrogens (tertiary/aromatic N) is 2. The molecule has 28 heavy (non-hydrogen) atoms. The normalized spacial score (nSPS) is 13.8. The van der Waals surface area contributed by atoms with Crippen LogP contribution in [0.5, 0.6) is 17.2 Å². The van der Waals surface area contributed by atoms with Gasteiger partial charge in [0.1, 0.15) is 19.0 Å². The van der Waals surface area contributed by atoms with E-state index in [0.717, 1.165) is 32.8 Å². The molecule has 0 unspecified atom stereocenters. The number of carbonyl (C=O) groups excluding carboxylic acids is 1. The van der Waals surface area contributed by atoms with Crippen LogP contribution in [0.25, 0.3) is 10.2 Å². The van der Waals surface area contributed by atoms with Crippen LogP contribution in [0.2, 0.25) is 0 Å². The van der Waals surface area contributed by atoms with Crippen LogP contribution >= 0.6 is 11.3 Å². The molecule has 0 spiro atoms. The summed E-state index contributed by atoms with van der Waals surface area (Å²) in [5.41, 5.74) is 2.92. The van der Waals surface area contributed by atoms with Crippen molar-refractivity contribution in [2.75, 3.05) is 20.3 Å². The molecule has 2 aromatic carbocycles. The highest BCUT2D eigenvalue weighted by Gasteiger charge is 2.16. The van der Waals surface area contributed by atoms with Crippen LogP contribution in [-0.4, -0.2) is 30.8 Å². The van der Waals surface area contributed by atoms with Gasteiger partial charge >= 0.3 is 0 Å². The number of amides is 1. The van der Waals surface area contributed by atoms with E-state index in [1.165, 1.54) is 11.3 Å². The van der Waals surface area contributed by atoms with Crippen LogP contribution in [-0.2, 0) is 17.8 Å². The van der Waals surface area contributed by atoms with Crippen molar-refractivity contribution in [2.45, 2.75) is 26.8 Å². The third kappa shape index (κ3) is 3.49. The van der Waals surface area contributed by atoms with Crippen molar-refractivity contribution >= 4 is 27.5 Å². The highest BCUT2D eigenvalue weighted by atomic mass is 32.1. The van der Waals surface area contributed by atoms with E-state index in [-0.39, 0.29) is 12.3 Å². The van der Waals surface area contributed by atoms with Gasteiger partial charge < -0.3 is 18.8 Å². The lowest BCUT2D eigenvalue weighted by atomic mass is 10.1. The number of rotatable bonds is 4. The van der Waals surface area contributed by atoms with Gasteiger partial charge in [0, 0.05) is 24.2 Å².